The molecule has 0 atom stereocenters. The van der Waals surface area contributed by atoms with Gasteiger partial charge in [0.25, 0.3) is 0 Å². The molecule has 1 aromatic heterocycles. The van der Waals surface area contributed by atoms with Crippen LogP contribution in [0.2, 0.25) is 0 Å². The molecule has 0 unspecified atom stereocenters. The molecule has 0 saturated carbocycles. The third-order valence-electron chi connectivity index (χ3n) is 2.21. The first-order valence-electron chi connectivity index (χ1n) is 5.96. The molecule has 0 aliphatic heterocycles. The van der Waals surface area contributed by atoms with E-state index in [1.807, 2.05) is 18.2 Å². The molecule has 0 saturated heterocycles. The van der Waals surface area contributed by atoms with Gasteiger partial charge < -0.3 is 10.4 Å². The van der Waals surface area contributed by atoms with Crippen LogP contribution < -0.4 is 10.6 Å². The Bertz CT molecular complexity index is 629. The van der Waals surface area contributed by atoms with Crippen LogP contribution in [0.1, 0.15) is 11.3 Å². The van der Waals surface area contributed by atoms with E-state index in [1.54, 1.807) is 18.3 Å². The Labute approximate surface area is 120 Å². The van der Waals surface area contributed by atoms with Crippen molar-refractivity contribution >= 4 is 28.2 Å². The van der Waals surface area contributed by atoms with Gasteiger partial charge in [0.15, 0.2) is 5.13 Å². The lowest BCUT2D eigenvalue weighted by Crippen LogP contribution is -2.19. The highest BCUT2D eigenvalue weighted by Gasteiger charge is 2.05. The van der Waals surface area contributed by atoms with Crippen molar-refractivity contribution in [3.05, 3.63) is 41.4 Å². The smallest absolute Gasteiger partial charge is 0.325 e. The maximum Gasteiger partial charge on any atom is 0.325 e. The van der Waals surface area contributed by atoms with Gasteiger partial charge in [0.1, 0.15) is 0 Å². The Morgan fingerprint density at radius 1 is 1.30 bits per heavy atom. The van der Waals surface area contributed by atoms with Gasteiger partial charge in [0.05, 0.1) is 17.7 Å². The summed E-state index contributed by atoms with van der Waals surface area (Å²) in [7, 11) is 0. The fourth-order valence-electron chi connectivity index (χ4n) is 1.38. The number of hydrogen-bond donors (Lipinski definition) is 3. The maximum absolute atomic E-state index is 11.7. The van der Waals surface area contributed by atoms with Crippen LogP contribution in [0, 0.1) is 11.8 Å². The summed E-state index contributed by atoms with van der Waals surface area (Å²) in [5.74, 6) is 5.66. The highest BCUT2D eigenvalue weighted by Crippen LogP contribution is 2.17. The number of carbonyl (C=O) groups excluding carboxylic acids is 1. The number of anilines is 2. The second-order valence-corrected chi connectivity index (χ2v) is 4.78. The van der Waals surface area contributed by atoms with Crippen molar-refractivity contribution in [2.24, 2.45) is 0 Å². The number of aliphatic hydroxyl groups is 1. The summed E-state index contributed by atoms with van der Waals surface area (Å²) in [6.45, 7) is 0.0381. The number of benzene rings is 1. The lowest BCUT2D eigenvalue weighted by molar-refractivity contribution is 0.262. The number of nitrogens with one attached hydrogen (secondary N) is 2. The SMILES string of the molecule is O=C(Nc1ccccc1)Nc1ncc(C#CCCO)s1. The summed E-state index contributed by atoms with van der Waals surface area (Å²) >= 11 is 1.28. The minimum Gasteiger partial charge on any atom is -0.395 e. The number of hydrogen-bond acceptors (Lipinski definition) is 4. The van der Waals surface area contributed by atoms with Gasteiger partial charge in [0, 0.05) is 12.1 Å². The molecule has 2 rings (SSSR count). The van der Waals surface area contributed by atoms with E-state index in [0.717, 1.165) is 4.88 Å². The van der Waals surface area contributed by atoms with E-state index in [-0.39, 0.29) is 12.6 Å². The fourth-order valence-corrected chi connectivity index (χ4v) is 2.06. The molecule has 0 aliphatic rings. The van der Waals surface area contributed by atoms with Crippen LogP contribution in [0.4, 0.5) is 15.6 Å². The molecule has 3 N–H and O–H groups in total. The molecule has 1 heterocycles. The van der Waals surface area contributed by atoms with E-state index in [2.05, 4.69) is 27.5 Å². The van der Waals surface area contributed by atoms with Gasteiger partial charge >= 0.3 is 6.03 Å². The van der Waals surface area contributed by atoms with Crippen LogP contribution in [0.5, 0.6) is 0 Å². The van der Waals surface area contributed by atoms with Gasteiger partial charge in [-0.3, -0.25) is 5.32 Å². The van der Waals surface area contributed by atoms with Gasteiger partial charge in [-0.1, -0.05) is 41.4 Å². The zero-order valence-corrected chi connectivity index (χ0v) is 11.4. The summed E-state index contributed by atoms with van der Waals surface area (Å²) in [5.41, 5.74) is 0.713. The number of rotatable bonds is 3. The highest BCUT2D eigenvalue weighted by molar-refractivity contribution is 7.16. The first kappa shape index (κ1) is 14.1. The standard InChI is InChI=1S/C14H13N3O2S/c18-9-5-4-8-12-10-15-14(20-12)17-13(19)16-11-6-2-1-3-7-11/h1-3,6-7,10,18H,5,9H2,(H2,15,16,17,19). The molecule has 0 radical (unpaired) electrons. The minimum atomic E-state index is -0.347. The minimum absolute atomic E-state index is 0.0381. The topological polar surface area (TPSA) is 74.2 Å². The second kappa shape index (κ2) is 7.28. The van der Waals surface area contributed by atoms with E-state index < -0.39 is 0 Å². The van der Waals surface area contributed by atoms with Crippen LogP contribution in [0.25, 0.3) is 0 Å². The molecular formula is C14H13N3O2S. The van der Waals surface area contributed by atoms with E-state index in [9.17, 15) is 4.79 Å². The molecule has 6 heteroatoms. The molecule has 0 spiro atoms. The molecular weight excluding hydrogens is 274 g/mol. The molecule has 2 aromatic rings. The maximum atomic E-state index is 11.7. The van der Waals surface area contributed by atoms with E-state index in [1.165, 1.54) is 11.3 Å². The predicted molar refractivity (Wildman–Crippen MR) is 79.8 cm³/mol. The van der Waals surface area contributed by atoms with Crippen molar-refractivity contribution in [1.82, 2.24) is 4.98 Å². The summed E-state index contributed by atoms with van der Waals surface area (Å²) < 4.78 is 0. The van der Waals surface area contributed by atoms with Crippen LogP contribution in [-0.2, 0) is 0 Å². The van der Waals surface area contributed by atoms with Crippen molar-refractivity contribution < 1.29 is 9.90 Å². The van der Waals surface area contributed by atoms with Gasteiger partial charge in [-0.05, 0) is 12.1 Å². The first-order valence-corrected chi connectivity index (χ1v) is 6.78. The Kier molecular flexibility index (Phi) is 5.12. The van der Waals surface area contributed by atoms with Crippen molar-refractivity contribution in [2.75, 3.05) is 17.2 Å². The van der Waals surface area contributed by atoms with Crippen molar-refractivity contribution in [3.63, 3.8) is 0 Å². The Balaban J connectivity index is 1.90. The van der Waals surface area contributed by atoms with E-state index >= 15 is 0 Å². The van der Waals surface area contributed by atoms with Crippen LogP contribution in [0.3, 0.4) is 0 Å². The molecule has 1 aromatic carbocycles. The number of urea groups is 1. The number of aromatic nitrogens is 1. The third-order valence-corrected chi connectivity index (χ3v) is 3.03. The summed E-state index contributed by atoms with van der Waals surface area (Å²) in [4.78, 5) is 16.5. The number of thiazole rings is 1. The quantitative estimate of drug-likeness (QED) is 0.759. The third kappa shape index (κ3) is 4.39. The zero-order chi connectivity index (χ0) is 14.2. The second-order valence-electron chi connectivity index (χ2n) is 3.75. The molecule has 0 aliphatic carbocycles. The number of amides is 2. The van der Waals surface area contributed by atoms with E-state index in [0.29, 0.717) is 17.2 Å². The average molecular weight is 287 g/mol. The molecule has 2 amide bonds. The molecule has 0 fully saturated rings. The lowest BCUT2D eigenvalue weighted by Gasteiger charge is -2.04. The van der Waals surface area contributed by atoms with Gasteiger partial charge in [-0.2, -0.15) is 0 Å². The Morgan fingerprint density at radius 2 is 2.10 bits per heavy atom. The van der Waals surface area contributed by atoms with E-state index in [4.69, 9.17) is 5.11 Å². The highest BCUT2D eigenvalue weighted by atomic mass is 32.1. The Morgan fingerprint density at radius 3 is 2.85 bits per heavy atom. The predicted octanol–water partition coefficient (Wildman–Crippen LogP) is 2.52. The van der Waals surface area contributed by atoms with Gasteiger partial charge in [0.2, 0.25) is 0 Å². The number of nitrogens with zero attached hydrogens (tertiary/aromatic N) is 1. The van der Waals surface area contributed by atoms with Crippen molar-refractivity contribution in [1.29, 1.82) is 0 Å². The largest absolute Gasteiger partial charge is 0.395 e. The van der Waals surface area contributed by atoms with Crippen LogP contribution >= 0.6 is 11.3 Å². The average Bonchev–Trinajstić information content (AvgIpc) is 2.87. The molecule has 5 nitrogen and oxygen atoms in total. The first-order chi connectivity index (χ1) is 9.78. The number of aliphatic hydroxyl groups excluding tert-OH is 1. The molecule has 20 heavy (non-hydrogen) atoms. The molecule has 102 valence electrons. The molecule has 0 bridgehead atoms. The monoisotopic (exact) mass is 287 g/mol. The normalized spacial score (nSPS) is 9.45. The number of para-hydroxylation sites is 1. The van der Waals surface area contributed by atoms with Crippen molar-refractivity contribution in [2.45, 2.75) is 6.42 Å². The summed E-state index contributed by atoms with van der Waals surface area (Å²) in [6.07, 6.45) is 2.02. The van der Waals surface area contributed by atoms with Gasteiger partial charge in [-0.15, -0.1) is 0 Å². The lowest BCUT2D eigenvalue weighted by atomic mass is 10.3. The Hall–Kier alpha value is -2.36. The van der Waals surface area contributed by atoms with Crippen molar-refractivity contribution in [3.8, 4) is 11.8 Å². The summed E-state index contributed by atoms with van der Waals surface area (Å²) in [5, 5.41) is 14.4. The number of carbonyl (C=O) groups is 1. The van der Waals surface area contributed by atoms with Gasteiger partial charge in [-0.25, -0.2) is 9.78 Å². The zero-order valence-electron chi connectivity index (χ0n) is 10.6. The van der Waals surface area contributed by atoms with Crippen LogP contribution in [0.15, 0.2) is 36.5 Å². The van der Waals surface area contributed by atoms with Crippen LogP contribution in [-0.4, -0.2) is 22.7 Å². The fraction of sp³-hybridized carbons (Fsp3) is 0.143. The summed E-state index contributed by atoms with van der Waals surface area (Å²) in [6, 6.07) is 8.81.